The lowest BCUT2D eigenvalue weighted by molar-refractivity contribution is -0.121. The average Bonchev–Trinajstić information content (AvgIpc) is 3.15. The second-order valence-electron chi connectivity index (χ2n) is 9.39. The molecule has 2 heterocycles. The van der Waals surface area contributed by atoms with Gasteiger partial charge in [0, 0.05) is 49.7 Å². The number of carbonyl (C=O) groups excluding carboxylic acids is 1. The lowest BCUT2D eigenvalue weighted by Crippen LogP contribution is -2.39. The van der Waals surface area contributed by atoms with Crippen molar-refractivity contribution in [3.05, 3.63) is 71.9 Å². The van der Waals surface area contributed by atoms with E-state index >= 15 is 0 Å². The van der Waals surface area contributed by atoms with E-state index in [1.807, 2.05) is 6.07 Å². The molecule has 1 aliphatic heterocycles. The van der Waals surface area contributed by atoms with E-state index in [1.54, 1.807) is 0 Å². The number of benzene rings is 2. The average molecular weight is 432 g/mol. The van der Waals surface area contributed by atoms with Gasteiger partial charge >= 0.3 is 0 Å². The van der Waals surface area contributed by atoms with Gasteiger partial charge in [-0.25, -0.2) is 0 Å². The molecule has 4 heteroatoms. The van der Waals surface area contributed by atoms with Crippen LogP contribution in [0.1, 0.15) is 56.1 Å². The van der Waals surface area contributed by atoms with Gasteiger partial charge in [-0.2, -0.15) is 0 Å². The van der Waals surface area contributed by atoms with Crippen molar-refractivity contribution in [2.75, 3.05) is 19.6 Å². The highest BCUT2D eigenvalue weighted by Crippen LogP contribution is 2.32. The van der Waals surface area contributed by atoms with Gasteiger partial charge in [0.05, 0.1) is 0 Å². The first-order valence-electron chi connectivity index (χ1n) is 12.2. The Kier molecular flexibility index (Phi) is 7.64. The fourth-order valence-corrected chi connectivity index (χ4v) is 5.18. The molecule has 4 nitrogen and oxygen atoms in total. The second-order valence-corrected chi connectivity index (χ2v) is 9.39. The normalized spacial score (nSPS) is 18.0. The van der Waals surface area contributed by atoms with Crippen LogP contribution in [-0.2, 0) is 18.3 Å². The van der Waals surface area contributed by atoms with Crippen LogP contribution in [0.2, 0.25) is 0 Å². The van der Waals surface area contributed by atoms with E-state index in [9.17, 15) is 4.79 Å². The molecule has 1 fully saturated rings. The van der Waals surface area contributed by atoms with Crippen LogP contribution >= 0.6 is 0 Å². The fraction of sp³-hybridized carbons (Fsp3) is 0.464. The Bertz CT molecular complexity index is 1010. The maximum absolute atomic E-state index is 12.9. The molecule has 0 radical (unpaired) electrons. The summed E-state index contributed by atoms with van der Waals surface area (Å²) >= 11 is 0. The van der Waals surface area contributed by atoms with Gasteiger partial charge in [0.2, 0.25) is 5.91 Å². The molecule has 32 heavy (non-hydrogen) atoms. The van der Waals surface area contributed by atoms with Crippen LogP contribution in [0.25, 0.3) is 10.9 Å². The monoisotopic (exact) mass is 431 g/mol. The zero-order chi connectivity index (χ0) is 22.3. The van der Waals surface area contributed by atoms with Crippen LogP contribution in [0.15, 0.2) is 60.8 Å². The molecule has 2 aromatic carbocycles. The van der Waals surface area contributed by atoms with Gasteiger partial charge in [-0.15, -0.1) is 0 Å². The van der Waals surface area contributed by atoms with Crippen molar-refractivity contribution in [1.82, 2.24) is 14.8 Å². The minimum Gasteiger partial charge on any atom is -0.356 e. The standard InChI is InChI=1S/C28H37N3O/c1-22-11-8-9-17-31(22)18-10-16-29-28(32)20-24(19-23-12-4-3-5-13-23)26-21-30(2)27-15-7-6-14-25(26)27/h3-7,12-15,21-22,24H,8-11,16-20H2,1-2H3,(H,29,32). The van der Waals surface area contributed by atoms with Crippen LogP contribution < -0.4 is 5.32 Å². The van der Waals surface area contributed by atoms with Gasteiger partial charge < -0.3 is 14.8 Å². The highest BCUT2D eigenvalue weighted by atomic mass is 16.1. The van der Waals surface area contributed by atoms with E-state index in [-0.39, 0.29) is 11.8 Å². The van der Waals surface area contributed by atoms with E-state index in [1.165, 1.54) is 47.8 Å². The second kappa shape index (κ2) is 10.8. The molecule has 0 aliphatic carbocycles. The molecule has 1 N–H and O–H groups in total. The Morgan fingerprint density at radius 1 is 1.09 bits per heavy atom. The van der Waals surface area contributed by atoms with E-state index in [0.717, 1.165) is 25.9 Å². The maximum atomic E-state index is 12.9. The number of carbonyl (C=O) groups is 1. The molecule has 0 saturated carbocycles. The number of hydrogen-bond acceptors (Lipinski definition) is 2. The number of amides is 1. The molecule has 0 spiro atoms. The van der Waals surface area contributed by atoms with Gasteiger partial charge in [0.1, 0.15) is 0 Å². The molecule has 170 valence electrons. The van der Waals surface area contributed by atoms with Crippen molar-refractivity contribution >= 4 is 16.8 Å². The van der Waals surface area contributed by atoms with Gasteiger partial charge in [-0.1, -0.05) is 55.0 Å². The molecule has 0 bridgehead atoms. The number of hydrogen-bond donors (Lipinski definition) is 1. The maximum Gasteiger partial charge on any atom is 0.220 e. The number of rotatable bonds is 9. The zero-order valence-electron chi connectivity index (χ0n) is 19.6. The lowest BCUT2D eigenvalue weighted by atomic mass is 9.88. The smallest absolute Gasteiger partial charge is 0.220 e. The molecule has 1 aliphatic rings. The number of nitrogens with zero attached hydrogens (tertiary/aromatic N) is 2. The van der Waals surface area contributed by atoms with Crippen LogP contribution in [-0.4, -0.2) is 41.1 Å². The van der Waals surface area contributed by atoms with Gasteiger partial charge in [0.25, 0.3) is 0 Å². The summed E-state index contributed by atoms with van der Waals surface area (Å²) in [5.41, 5.74) is 3.76. The molecule has 1 saturated heterocycles. The number of fused-ring (bicyclic) bond motifs is 1. The minimum absolute atomic E-state index is 0.158. The topological polar surface area (TPSA) is 37.3 Å². The van der Waals surface area contributed by atoms with Crippen molar-refractivity contribution in [1.29, 1.82) is 0 Å². The first kappa shape index (κ1) is 22.6. The third-order valence-corrected chi connectivity index (χ3v) is 7.01. The predicted octanol–water partition coefficient (Wildman–Crippen LogP) is 5.28. The van der Waals surface area contributed by atoms with Crippen molar-refractivity contribution in [2.45, 2.75) is 57.4 Å². The Morgan fingerprint density at radius 3 is 2.69 bits per heavy atom. The Labute approximate surface area is 192 Å². The van der Waals surface area contributed by atoms with Crippen molar-refractivity contribution in [2.24, 2.45) is 7.05 Å². The van der Waals surface area contributed by atoms with Crippen molar-refractivity contribution in [3.8, 4) is 0 Å². The molecule has 1 aromatic heterocycles. The molecule has 2 atom stereocenters. The zero-order valence-corrected chi connectivity index (χ0v) is 19.6. The third-order valence-electron chi connectivity index (χ3n) is 7.01. The SMILES string of the molecule is CC1CCCCN1CCCNC(=O)CC(Cc1ccccc1)c1cn(C)c2ccccc12. The molecule has 2 unspecified atom stereocenters. The fourth-order valence-electron chi connectivity index (χ4n) is 5.18. The molecular formula is C28H37N3O. The Balaban J connectivity index is 1.40. The first-order valence-corrected chi connectivity index (χ1v) is 12.2. The van der Waals surface area contributed by atoms with Crippen LogP contribution in [0.5, 0.6) is 0 Å². The van der Waals surface area contributed by atoms with E-state index in [0.29, 0.717) is 12.5 Å². The van der Waals surface area contributed by atoms with Crippen molar-refractivity contribution in [3.63, 3.8) is 0 Å². The number of para-hydroxylation sites is 1. The lowest BCUT2D eigenvalue weighted by Gasteiger charge is -2.33. The minimum atomic E-state index is 0.158. The van der Waals surface area contributed by atoms with Gasteiger partial charge in [0.15, 0.2) is 0 Å². The molecular weight excluding hydrogens is 394 g/mol. The summed E-state index contributed by atoms with van der Waals surface area (Å²) in [5.74, 6) is 0.316. The number of piperidine rings is 1. The highest BCUT2D eigenvalue weighted by molar-refractivity contribution is 5.86. The highest BCUT2D eigenvalue weighted by Gasteiger charge is 2.21. The summed E-state index contributed by atoms with van der Waals surface area (Å²) in [6, 6.07) is 19.7. The number of nitrogens with one attached hydrogen (secondary N) is 1. The van der Waals surface area contributed by atoms with Crippen LogP contribution in [0.3, 0.4) is 0 Å². The number of likely N-dealkylation sites (tertiary alicyclic amines) is 1. The van der Waals surface area contributed by atoms with Gasteiger partial charge in [-0.3, -0.25) is 4.79 Å². The summed E-state index contributed by atoms with van der Waals surface area (Å²) in [4.78, 5) is 15.5. The summed E-state index contributed by atoms with van der Waals surface area (Å²) in [7, 11) is 2.09. The summed E-state index contributed by atoms with van der Waals surface area (Å²) in [6.07, 6.45) is 8.58. The van der Waals surface area contributed by atoms with Gasteiger partial charge in [-0.05, 0) is 62.3 Å². The Hall–Kier alpha value is -2.59. The van der Waals surface area contributed by atoms with Crippen LogP contribution in [0, 0.1) is 0 Å². The molecule has 3 aromatic rings. The predicted molar refractivity (Wildman–Crippen MR) is 133 cm³/mol. The van der Waals surface area contributed by atoms with E-state index in [4.69, 9.17) is 0 Å². The summed E-state index contributed by atoms with van der Waals surface area (Å²) < 4.78 is 2.18. The number of aromatic nitrogens is 1. The van der Waals surface area contributed by atoms with E-state index in [2.05, 4.69) is 83.5 Å². The Morgan fingerprint density at radius 2 is 1.88 bits per heavy atom. The summed E-state index contributed by atoms with van der Waals surface area (Å²) in [6.45, 7) is 5.37. The quantitative estimate of drug-likeness (QED) is 0.468. The third kappa shape index (κ3) is 5.60. The molecule has 1 amide bonds. The molecule has 4 rings (SSSR count). The van der Waals surface area contributed by atoms with E-state index < -0.39 is 0 Å². The number of aryl methyl sites for hydroxylation is 1. The van der Waals surface area contributed by atoms with Crippen molar-refractivity contribution < 1.29 is 4.79 Å². The summed E-state index contributed by atoms with van der Waals surface area (Å²) in [5, 5.41) is 4.46. The largest absolute Gasteiger partial charge is 0.356 e. The van der Waals surface area contributed by atoms with Crippen LogP contribution in [0.4, 0.5) is 0 Å². The first-order chi connectivity index (χ1) is 15.6.